The van der Waals surface area contributed by atoms with Gasteiger partial charge in [-0.05, 0) is 83.2 Å². The van der Waals surface area contributed by atoms with E-state index in [0.29, 0.717) is 0 Å². The van der Waals surface area contributed by atoms with Gasteiger partial charge in [-0.25, -0.2) is 9.59 Å². The Kier molecular flexibility index (Phi) is 9.91. The molecule has 0 saturated heterocycles. The Balaban J connectivity index is 3.15. The van der Waals surface area contributed by atoms with Crippen LogP contribution in [0.25, 0.3) is 0 Å². The predicted octanol–water partition coefficient (Wildman–Crippen LogP) is 0.0309. The molecule has 0 fully saturated rings. The molecule has 1 N–H and O–H groups in total. The molecule has 0 radical (unpaired) electrons. The highest BCUT2D eigenvalue weighted by atomic mass is 32.2. The predicted molar refractivity (Wildman–Crippen MR) is 112 cm³/mol. The number of hydrogen-bond acceptors (Lipinski definition) is 6. The number of carbonyl (C=O) groups is 2. The third kappa shape index (κ3) is 9.66. The highest BCUT2D eigenvalue weighted by Gasteiger charge is 2.18. The largest absolute Gasteiger partial charge is 0.413 e. The van der Waals surface area contributed by atoms with Crippen LogP contribution in [0, 0.1) is 95.7 Å². The van der Waals surface area contributed by atoms with Crippen LogP contribution < -0.4 is 9.47 Å². The van der Waals surface area contributed by atoms with Crippen molar-refractivity contribution < 1.29 is 32.0 Å². The van der Waals surface area contributed by atoms with Crippen LogP contribution in [0.1, 0.15) is 0 Å². The summed E-state index contributed by atoms with van der Waals surface area (Å²) in [6, 6.07) is 2.60. The van der Waals surface area contributed by atoms with Gasteiger partial charge in [-0.1, -0.05) is 0 Å². The first-order valence-corrected chi connectivity index (χ1v) is 9.20. The maximum atomic E-state index is 11.8. The van der Waals surface area contributed by atoms with E-state index in [1.54, 1.807) is 0 Å². The molecule has 0 aliphatic rings. The fourth-order valence-corrected chi connectivity index (χ4v) is 1.98. The van der Waals surface area contributed by atoms with Crippen molar-refractivity contribution >= 4 is 22.1 Å². The molecule has 0 atom stereocenters. The number of ether oxygens (including phenoxy) is 2. The van der Waals surface area contributed by atoms with Crippen molar-refractivity contribution in [3.8, 4) is 107 Å². The molecule has 0 saturated carbocycles. The van der Waals surface area contributed by atoms with E-state index in [1.807, 2.05) is 23.7 Å². The van der Waals surface area contributed by atoms with Crippen LogP contribution in [0.2, 0.25) is 0 Å². The lowest BCUT2D eigenvalue weighted by molar-refractivity contribution is -0.130. The van der Waals surface area contributed by atoms with Gasteiger partial charge in [0.05, 0.1) is 4.90 Å². The number of carbonyl (C=O) groups excluding carboxylic acids is 2. The van der Waals surface area contributed by atoms with Crippen molar-refractivity contribution in [2.75, 3.05) is 0 Å². The SMILES string of the molecule is C#CC#CC#CC#CC(=O)Oc1ccc(S(=O)(=O)O)cc1OC(=O)C#CC#CC#CC#C. The smallest absolute Gasteiger partial charge is 0.390 e. The molecule has 0 heterocycles. The second-order valence-electron chi connectivity index (χ2n) is 4.65. The number of esters is 2. The van der Waals surface area contributed by atoms with Crippen LogP contribution in [0.4, 0.5) is 0 Å². The molecular weight excluding hydrogens is 432 g/mol. The van der Waals surface area contributed by atoms with Gasteiger partial charge in [-0.3, -0.25) is 4.55 Å². The Labute approximate surface area is 184 Å². The minimum Gasteiger partial charge on any atom is -0.413 e. The lowest BCUT2D eigenvalue weighted by Gasteiger charge is -2.08. The van der Waals surface area contributed by atoms with E-state index in [2.05, 4.69) is 59.2 Å². The number of rotatable bonds is 3. The fourth-order valence-electron chi connectivity index (χ4n) is 1.49. The summed E-state index contributed by atoms with van der Waals surface area (Å²) >= 11 is 0. The standard InChI is InChI=1S/C24H6O7S/c1-3-5-7-9-11-13-15-23(25)30-21-18-17-20(32(27,28)29)19-22(21)31-24(26)16-14-12-10-8-6-4-2/h1-2,17-19H,(H,27,28,29). The Morgan fingerprint density at radius 2 is 1.16 bits per heavy atom. The van der Waals surface area contributed by atoms with Crippen LogP contribution in [0.3, 0.4) is 0 Å². The van der Waals surface area contributed by atoms with Gasteiger partial charge in [0.1, 0.15) is 0 Å². The summed E-state index contributed by atoms with van der Waals surface area (Å²) in [5, 5.41) is 0. The summed E-state index contributed by atoms with van der Waals surface area (Å²) in [5.74, 6) is 26.9. The van der Waals surface area contributed by atoms with Crippen molar-refractivity contribution in [1.29, 1.82) is 0 Å². The molecule has 0 spiro atoms. The molecule has 1 rings (SSSR count). The molecule has 1 aromatic carbocycles. The van der Waals surface area contributed by atoms with Crippen molar-refractivity contribution in [2.45, 2.75) is 4.90 Å². The van der Waals surface area contributed by atoms with Gasteiger partial charge in [0.25, 0.3) is 10.1 Å². The summed E-state index contributed by atoms with van der Waals surface area (Å²) < 4.78 is 41.6. The van der Waals surface area contributed by atoms with E-state index in [0.717, 1.165) is 18.2 Å². The lowest BCUT2D eigenvalue weighted by atomic mass is 10.3. The molecular formula is C24H6O7S. The van der Waals surface area contributed by atoms with E-state index < -0.39 is 38.5 Å². The zero-order valence-electron chi connectivity index (χ0n) is 15.7. The van der Waals surface area contributed by atoms with Gasteiger partial charge < -0.3 is 9.47 Å². The number of terminal acetylenes is 2. The Hall–Kier alpha value is -5.45. The summed E-state index contributed by atoms with van der Waals surface area (Å²) in [4.78, 5) is 23.0. The van der Waals surface area contributed by atoms with Crippen LogP contribution in [0.5, 0.6) is 11.5 Å². The molecule has 0 amide bonds. The van der Waals surface area contributed by atoms with E-state index in [-0.39, 0.29) is 0 Å². The molecule has 0 bridgehead atoms. The monoisotopic (exact) mass is 438 g/mol. The van der Waals surface area contributed by atoms with Crippen LogP contribution >= 0.6 is 0 Å². The van der Waals surface area contributed by atoms with Crippen molar-refractivity contribution in [1.82, 2.24) is 0 Å². The zero-order chi connectivity index (χ0) is 23.8. The van der Waals surface area contributed by atoms with Crippen LogP contribution in [-0.2, 0) is 19.7 Å². The van der Waals surface area contributed by atoms with E-state index in [9.17, 15) is 18.0 Å². The van der Waals surface area contributed by atoms with Gasteiger partial charge in [0.2, 0.25) is 0 Å². The Morgan fingerprint density at radius 3 is 1.62 bits per heavy atom. The third-order valence-corrected chi connectivity index (χ3v) is 3.44. The molecule has 32 heavy (non-hydrogen) atoms. The summed E-state index contributed by atoms with van der Waals surface area (Å²) in [6.45, 7) is 0. The van der Waals surface area contributed by atoms with Crippen LogP contribution in [0.15, 0.2) is 23.1 Å². The minimum atomic E-state index is -4.66. The summed E-state index contributed by atoms with van der Waals surface area (Å²) in [5.41, 5.74) is 0. The van der Waals surface area contributed by atoms with Gasteiger partial charge >= 0.3 is 11.9 Å². The zero-order valence-corrected chi connectivity index (χ0v) is 16.5. The van der Waals surface area contributed by atoms with Crippen molar-refractivity contribution in [3.05, 3.63) is 18.2 Å². The lowest BCUT2D eigenvalue weighted by Crippen LogP contribution is -2.10. The van der Waals surface area contributed by atoms with Gasteiger partial charge in [-0.15, -0.1) is 12.8 Å². The molecule has 0 aliphatic carbocycles. The topological polar surface area (TPSA) is 107 Å². The molecule has 150 valence electrons. The van der Waals surface area contributed by atoms with Crippen molar-refractivity contribution in [2.24, 2.45) is 0 Å². The molecule has 8 heteroatoms. The summed E-state index contributed by atoms with van der Waals surface area (Å²) in [7, 11) is -4.66. The maximum absolute atomic E-state index is 11.8. The number of hydrogen-bond donors (Lipinski definition) is 1. The summed E-state index contributed by atoms with van der Waals surface area (Å²) in [6.07, 6.45) is 9.79. The molecule has 0 aliphatic heterocycles. The first-order valence-electron chi connectivity index (χ1n) is 7.76. The average Bonchev–Trinajstić information content (AvgIpc) is 2.73. The highest BCUT2D eigenvalue weighted by molar-refractivity contribution is 7.85. The first kappa shape index (κ1) is 24.6. The Morgan fingerprint density at radius 1 is 0.719 bits per heavy atom. The second-order valence-corrected chi connectivity index (χ2v) is 6.07. The van der Waals surface area contributed by atoms with E-state index in [4.69, 9.17) is 26.9 Å². The minimum absolute atomic E-state index is 0.391. The van der Waals surface area contributed by atoms with Crippen molar-refractivity contribution in [3.63, 3.8) is 0 Å². The average molecular weight is 438 g/mol. The molecule has 1 aromatic rings. The third-order valence-electron chi connectivity index (χ3n) is 2.59. The quantitative estimate of drug-likeness (QED) is 0.233. The molecule has 0 unspecified atom stereocenters. The van der Waals surface area contributed by atoms with Crippen LogP contribution in [-0.4, -0.2) is 24.9 Å². The van der Waals surface area contributed by atoms with E-state index in [1.165, 1.54) is 0 Å². The fraction of sp³-hybridized carbons (Fsp3) is 0. The molecule has 0 aromatic heterocycles. The normalized spacial score (nSPS) is 7.72. The Bertz CT molecular complexity index is 1530. The number of benzene rings is 1. The first-order chi connectivity index (χ1) is 15.3. The van der Waals surface area contributed by atoms with Gasteiger partial charge in [0.15, 0.2) is 11.5 Å². The molecule has 7 nitrogen and oxygen atoms in total. The van der Waals surface area contributed by atoms with Gasteiger partial charge in [-0.2, -0.15) is 8.42 Å². The maximum Gasteiger partial charge on any atom is 0.390 e. The van der Waals surface area contributed by atoms with Gasteiger partial charge in [0, 0.05) is 17.9 Å². The highest BCUT2D eigenvalue weighted by Crippen LogP contribution is 2.30. The second kappa shape index (κ2) is 12.9. The van der Waals surface area contributed by atoms with E-state index >= 15 is 0 Å².